The third-order valence-electron chi connectivity index (χ3n) is 3.42. The van der Waals surface area contributed by atoms with Crippen LogP contribution in [0.3, 0.4) is 0 Å². The van der Waals surface area contributed by atoms with Gasteiger partial charge in [-0.3, -0.25) is 4.98 Å². The summed E-state index contributed by atoms with van der Waals surface area (Å²) in [5.74, 6) is -0.721. The number of hydrogen-bond acceptors (Lipinski definition) is 3. The molecule has 2 aromatic carbocycles. The van der Waals surface area contributed by atoms with Crippen molar-refractivity contribution in [2.75, 3.05) is 5.32 Å². The van der Waals surface area contributed by atoms with Crippen LogP contribution in [0.4, 0.5) is 10.1 Å². The van der Waals surface area contributed by atoms with Crippen LogP contribution < -0.4 is 11.1 Å². The van der Waals surface area contributed by atoms with Crippen molar-refractivity contribution >= 4 is 16.8 Å². The number of anilines is 1. The first kappa shape index (κ1) is 13.4. The lowest BCUT2D eigenvalue weighted by Gasteiger charge is -2.18. The predicted molar refractivity (Wildman–Crippen MR) is 79.9 cm³/mol. The fraction of sp³-hybridized carbons (Fsp3) is 0.188. The van der Waals surface area contributed by atoms with E-state index in [4.69, 9.17) is 4.42 Å². The topological polar surface area (TPSA) is 58.0 Å². The molecule has 0 radical (unpaired) electrons. The highest BCUT2D eigenvalue weighted by Gasteiger charge is 2.11. The molecule has 5 heteroatoms. The first-order chi connectivity index (χ1) is 10.2. The Hall–Kier alpha value is -2.56. The quantitative estimate of drug-likeness (QED) is 0.766. The van der Waals surface area contributed by atoms with E-state index in [-0.39, 0.29) is 11.9 Å². The molecule has 0 amide bonds. The van der Waals surface area contributed by atoms with Gasteiger partial charge in [-0.05, 0) is 42.3 Å². The molecular formula is C16H15FN2O2. The van der Waals surface area contributed by atoms with Crippen LogP contribution in [0.5, 0.6) is 0 Å². The Morgan fingerprint density at radius 2 is 2.14 bits per heavy atom. The summed E-state index contributed by atoms with van der Waals surface area (Å²) in [4.78, 5) is 13.8. The number of aromatic amines is 1. The fourth-order valence-corrected chi connectivity index (χ4v) is 2.39. The number of H-pyrrole nitrogens is 1. The molecule has 1 unspecified atom stereocenters. The van der Waals surface area contributed by atoms with Gasteiger partial charge in [-0.15, -0.1) is 0 Å². The molecule has 21 heavy (non-hydrogen) atoms. The molecule has 0 bridgehead atoms. The second-order valence-corrected chi connectivity index (χ2v) is 4.89. The van der Waals surface area contributed by atoms with Gasteiger partial charge in [0.25, 0.3) is 0 Å². The lowest BCUT2D eigenvalue weighted by Crippen LogP contribution is -2.09. The molecule has 0 saturated heterocycles. The van der Waals surface area contributed by atoms with E-state index in [1.54, 1.807) is 12.1 Å². The maximum atomic E-state index is 13.3. The number of halogens is 1. The average molecular weight is 286 g/mol. The van der Waals surface area contributed by atoms with E-state index in [1.807, 2.05) is 25.1 Å². The lowest BCUT2D eigenvalue weighted by atomic mass is 10.0. The zero-order valence-corrected chi connectivity index (χ0v) is 11.5. The molecule has 2 N–H and O–H groups in total. The molecule has 108 valence electrons. The van der Waals surface area contributed by atoms with Crippen molar-refractivity contribution in [1.29, 1.82) is 0 Å². The summed E-state index contributed by atoms with van der Waals surface area (Å²) >= 11 is 0. The average Bonchev–Trinajstić information content (AvgIpc) is 2.84. The van der Waals surface area contributed by atoms with Crippen LogP contribution in [-0.4, -0.2) is 4.98 Å². The molecule has 0 aliphatic heterocycles. The van der Waals surface area contributed by atoms with Gasteiger partial charge in [0, 0.05) is 5.69 Å². The normalized spacial score (nSPS) is 12.5. The molecule has 0 fully saturated rings. The van der Waals surface area contributed by atoms with E-state index >= 15 is 0 Å². The van der Waals surface area contributed by atoms with Gasteiger partial charge in [-0.25, -0.2) is 9.18 Å². The van der Waals surface area contributed by atoms with Gasteiger partial charge in [-0.2, -0.15) is 0 Å². The van der Waals surface area contributed by atoms with Crippen molar-refractivity contribution in [3.05, 3.63) is 64.4 Å². The monoisotopic (exact) mass is 286 g/mol. The number of oxazole rings is 1. The minimum atomic E-state index is -0.473. The van der Waals surface area contributed by atoms with E-state index in [9.17, 15) is 9.18 Å². The first-order valence-corrected chi connectivity index (χ1v) is 6.80. The van der Waals surface area contributed by atoms with Gasteiger partial charge < -0.3 is 9.73 Å². The Morgan fingerprint density at radius 3 is 2.90 bits per heavy atom. The van der Waals surface area contributed by atoms with Gasteiger partial charge in [0.2, 0.25) is 0 Å². The van der Waals surface area contributed by atoms with Crippen LogP contribution in [0.2, 0.25) is 0 Å². The molecule has 0 spiro atoms. The summed E-state index contributed by atoms with van der Waals surface area (Å²) < 4.78 is 18.3. The number of nitrogens with one attached hydrogen (secondary N) is 2. The van der Waals surface area contributed by atoms with Crippen molar-refractivity contribution in [3.8, 4) is 0 Å². The summed E-state index contributed by atoms with van der Waals surface area (Å²) in [5.41, 5.74) is 2.89. The summed E-state index contributed by atoms with van der Waals surface area (Å²) in [7, 11) is 0. The molecule has 1 aromatic heterocycles. The smallest absolute Gasteiger partial charge is 0.408 e. The van der Waals surface area contributed by atoms with Gasteiger partial charge in [0.05, 0.1) is 11.6 Å². The van der Waals surface area contributed by atoms with Crippen molar-refractivity contribution < 1.29 is 8.81 Å². The van der Waals surface area contributed by atoms with E-state index in [0.29, 0.717) is 11.1 Å². The van der Waals surface area contributed by atoms with Gasteiger partial charge >= 0.3 is 5.76 Å². The van der Waals surface area contributed by atoms with Gasteiger partial charge in [0.15, 0.2) is 5.58 Å². The minimum absolute atomic E-state index is 0.00299. The van der Waals surface area contributed by atoms with E-state index in [0.717, 1.165) is 17.7 Å². The Balaban J connectivity index is 1.89. The van der Waals surface area contributed by atoms with Crippen LogP contribution in [0.25, 0.3) is 11.1 Å². The summed E-state index contributed by atoms with van der Waals surface area (Å²) in [6.45, 7) is 2.03. The van der Waals surface area contributed by atoms with Crippen LogP contribution in [0, 0.1) is 5.82 Å². The van der Waals surface area contributed by atoms with E-state index < -0.39 is 5.76 Å². The standard InChI is InChI=1S/C16H15FN2O2/c1-2-13(10-4-3-5-11(17)8-10)18-12-6-7-15-14(9-12)19-16(20)21-15/h3-9,13,18H,2H2,1H3,(H,19,20). The third-order valence-corrected chi connectivity index (χ3v) is 3.42. The summed E-state index contributed by atoms with van der Waals surface area (Å²) in [6.07, 6.45) is 0.809. The highest BCUT2D eigenvalue weighted by atomic mass is 19.1. The SMILES string of the molecule is CCC(Nc1ccc2oc(=O)[nH]c2c1)c1cccc(F)c1. The zero-order chi connectivity index (χ0) is 14.8. The Bertz CT molecular complexity index is 822. The summed E-state index contributed by atoms with van der Waals surface area (Å²) in [6, 6.07) is 11.9. The zero-order valence-electron chi connectivity index (χ0n) is 11.5. The van der Waals surface area contributed by atoms with Gasteiger partial charge in [0.1, 0.15) is 5.82 Å². The minimum Gasteiger partial charge on any atom is -0.408 e. The lowest BCUT2D eigenvalue weighted by molar-refractivity contribution is 0.555. The van der Waals surface area contributed by atoms with Crippen LogP contribution in [0.1, 0.15) is 24.9 Å². The third kappa shape index (κ3) is 2.81. The molecule has 1 atom stereocenters. The maximum absolute atomic E-state index is 13.3. The molecule has 0 aliphatic carbocycles. The molecule has 3 rings (SSSR count). The van der Waals surface area contributed by atoms with E-state index in [2.05, 4.69) is 10.3 Å². The largest absolute Gasteiger partial charge is 0.417 e. The van der Waals surface area contributed by atoms with Crippen molar-refractivity contribution in [1.82, 2.24) is 4.98 Å². The summed E-state index contributed by atoms with van der Waals surface area (Å²) in [5, 5.41) is 3.34. The maximum Gasteiger partial charge on any atom is 0.417 e. The first-order valence-electron chi connectivity index (χ1n) is 6.80. The Kier molecular flexibility index (Phi) is 3.48. The molecule has 0 aliphatic rings. The predicted octanol–water partition coefficient (Wildman–Crippen LogP) is 3.82. The highest BCUT2D eigenvalue weighted by Crippen LogP contribution is 2.25. The number of fused-ring (bicyclic) bond motifs is 1. The molecule has 3 aromatic rings. The van der Waals surface area contributed by atoms with Gasteiger partial charge in [-0.1, -0.05) is 19.1 Å². The van der Waals surface area contributed by atoms with E-state index in [1.165, 1.54) is 12.1 Å². The van der Waals surface area contributed by atoms with Crippen molar-refractivity contribution in [2.45, 2.75) is 19.4 Å². The van der Waals surface area contributed by atoms with Crippen molar-refractivity contribution in [3.63, 3.8) is 0 Å². The second-order valence-electron chi connectivity index (χ2n) is 4.89. The Labute approximate surface area is 120 Å². The van der Waals surface area contributed by atoms with Crippen molar-refractivity contribution in [2.24, 2.45) is 0 Å². The second kappa shape index (κ2) is 5.44. The molecular weight excluding hydrogens is 271 g/mol. The van der Waals surface area contributed by atoms with Crippen LogP contribution in [0.15, 0.2) is 51.7 Å². The number of aromatic nitrogens is 1. The highest BCUT2D eigenvalue weighted by molar-refractivity contribution is 5.76. The molecule has 0 saturated carbocycles. The number of benzene rings is 2. The van der Waals surface area contributed by atoms with Crippen LogP contribution >= 0.6 is 0 Å². The number of rotatable bonds is 4. The molecule has 1 heterocycles. The molecule has 4 nitrogen and oxygen atoms in total. The van der Waals surface area contributed by atoms with Crippen LogP contribution in [-0.2, 0) is 0 Å². The fourth-order valence-electron chi connectivity index (χ4n) is 2.39. The number of hydrogen-bond donors (Lipinski definition) is 2. The Morgan fingerprint density at radius 1 is 1.29 bits per heavy atom.